The fourth-order valence-electron chi connectivity index (χ4n) is 1.92. The molecule has 3 N–H and O–H groups in total. The summed E-state index contributed by atoms with van der Waals surface area (Å²) in [4.78, 5) is 12.1. The van der Waals surface area contributed by atoms with Crippen LogP contribution >= 0.6 is 15.9 Å². The second kappa shape index (κ2) is 6.05. The van der Waals surface area contributed by atoms with Crippen molar-refractivity contribution < 1.29 is 9.18 Å². The summed E-state index contributed by atoms with van der Waals surface area (Å²) in [6, 6.07) is 11.2. The number of amides is 1. The van der Waals surface area contributed by atoms with E-state index in [4.69, 9.17) is 5.73 Å². The van der Waals surface area contributed by atoms with Crippen LogP contribution in [0, 0.1) is 5.82 Å². The summed E-state index contributed by atoms with van der Waals surface area (Å²) in [5, 5.41) is 2.84. The first-order valence-corrected chi connectivity index (χ1v) is 6.88. The third-order valence-corrected chi connectivity index (χ3v) is 3.70. The summed E-state index contributed by atoms with van der Waals surface area (Å²) in [5.41, 5.74) is 7.01. The van der Waals surface area contributed by atoms with Crippen molar-refractivity contribution in [1.29, 1.82) is 0 Å². The maximum Gasteiger partial charge on any atom is 0.253 e. The van der Waals surface area contributed by atoms with Crippen molar-refractivity contribution in [2.24, 2.45) is 0 Å². The fourth-order valence-corrected chi connectivity index (χ4v) is 2.55. The number of hydrogen-bond acceptors (Lipinski definition) is 2. The Morgan fingerprint density at radius 2 is 2.00 bits per heavy atom. The zero-order valence-corrected chi connectivity index (χ0v) is 12.4. The lowest BCUT2D eigenvalue weighted by atomic mass is 10.1. The van der Waals surface area contributed by atoms with Gasteiger partial charge in [-0.2, -0.15) is 0 Å². The maximum atomic E-state index is 13.0. The summed E-state index contributed by atoms with van der Waals surface area (Å²) in [5.74, 6) is -0.788. The molecule has 2 aromatic carbocycles. The van der Waals surface area contributed by atoms with Crippen LogP contribution in [0.5, 0.6) is 0 Å². The van der Waals surface area contributed by atoms with Gasteiger partial charge in [0, 0.05) is 10.2 Å². The molecule has 0 aromatic heterocycles. The van der Waals surface area contributed by atoms with Gasteiger partial charge in [-0.1, -0.05) is 34.1 Å². The molecule has 0 unspecified atom stereocenters. The highest BCUT2D eigenvalue weighted by Gasteiger charge is 2.15. The van der Waals surface area contributed by atoms with Gasteiger partial charge >= 0.3 is 0 Å². The number of benzene rings is 2. The number of carbonyl (C=O) groups excluding carboxylic acids is 1. The molecule has 20 heavy (non-hydrogen) atoms. The summed E-state index contributed by atoms with van der Waals surface area (Å²) >= 11 is 3.44. The molecule has 3 nitrogen and oxygen atoms in total. The number of nitrogens with one attached hydrogen (secondary N) is 1. The Balaban J connectivity index is 2.17. The van der Waals surface area contributed by atoms with Gasteiger partial charge in [0.2, 0.25) is 0 Å². The molecule has 2 aromatic rings. The van der Waals surface area contributed by atoms with Gasteiger partial charge in [-0.05, 0) is 36.8 Å². The van der Waals surface area contributed by atoms with Crippen molar-refractivity contribution in [2.75, 3.05) is 5.73 Å². The third-order valence-electron chi connectivity index (χ3n) is 2.98. The topological polar surface area (TPSA) is 55.1 Å². The molecule has 0 saturated carbocycles. The van der Waals surface area contributed by atoms with E-state index in [1.807, 2.05) is 31.2 Å². The van der Waals surface area contributed by atoms with E-state index in [0.29, 0.717) is 0 Å². The van der Waals surface area contributed by atoms with E-state index < -0.39 is 5.82 Å². The molecule has 2 rings (SSSR count). The van der Waals surface area contributed by atoms with Crippen LogP contribution in [0.4, 0.5) is 10.1 Å². The van der Waals surface area contributed by atoms with Crippen LogP contribution in [-0.2, 0) is 0 Å². The Morgan fingerprint density at radius 3 is 2.65 bits per heavy atom. The van der Waals surface area contributed by atoms with Crippen LogP contribution in [0.1, 0.15) is 28.9 Å². The first-order chi connectivity index (χ1) is 9.49. The molecule has 0 fully saturated rings. The first kappa shape index (κ1) is 14.5. The van der Waals surface area contributed by atoms with Crippen molar-refractivity contribution in [3.8, 4) is 0 Å². The second-order valence-corrected chi connectivity index (χ2v) is 5.30. The molecule has 0 radical (unpaired) electrons. The molecule has 0 aliphatic heterocycles. The van der Waals surface area contributed by atoms with Crippen molar-refractivity contribution in [3.05, 3.63) is 63.9 Å². The molecular weight excluding hydrogens is 323 g/mol. The van der Waals surface area contributed by atoms with E-state index in [0.717, 1.165) is 16.1 Å². The van der Waals surface area contributed by atoms with E-state index >= 15 is 0 Å². The zero-order chi connectivity index (χ0) is 14.7. The molecule has 0 heterocycles. The number of hydrogen-bond donors (Lipinski definition) is 2. The van der Waals surface area contributed by atoms with E-state index in [2.05, 4.69) is 21.2 Å². The highest BCUT2D eigenvalue weighted by molar-refractivity contribution is 9.10. The SMILES string of the molecule is C[C@@H](NC(=O)c1ccc(F)cc1N)c1ccccc1Br. The molecule has 0 aliphatic carbocycles. The standard InChI is InChI=1S/C15H14BrFN2O/c1-9(11-4-2-3-5-13(11)16)19-15(20)12-7-6-10(17)8-14(12)18/h2-9H,18H2,1H3,(H,19,20)/t9-/m1/s1. The zero-order valence-electron chi connectivity index (χ0n) is 10.9. The normalized spacial score (nSPS) is 11.9. The van der Waals surface area contributed by atoms with Crippen molar-refractivity contribution in [2.45, 2.75) is 13.0 Å². The molecule has 0 saturated heterocycles. The second-order valence-electron chi connectivity index (χ2n) is 4.45. The summed E-state index contributed by atoms with van der Waals surface area (Å²) in [7, 11) is 0. The van der Waals surface area contributed by atoms with E-state index in [1.54, 1.807) is 0 Å². The third kappa shape index (κ3) is 3.17. The Labute approximate surface area is 125 Å². The van der Waals surface area contributed by atoms with Gasteiger partial charge in [0.15, 0.2) is 0 Å². The number of anilines is 1. The quantitative estimate of drug-likeness (QED) is 0.840. The summed E-state index contributed by atoms with van der Waals surface area (Å²) < 4.78 is 13.9. The highest BCUT2D eigenvalue weighted by atomic mass is 79.9. The minimum atomic E-state index is -0.460. The molecule has 0 aliphatic rings. The molecule has 5 heteroatoms. The molecule has 0 bridgehead atoms. The molecule has 1 amide bonds. The van der Waals surface area contributed by atoms with Gasteiger partial charge in [-0.15, -0.1) is 0 Å². The largest absolute Gasteiger partial charge is 0.398 e. The predicted octanol–water partition coefficient (Wildman–Crippen LogP) is 3.66. The fraction of sp³-hybridized carbons (Fsp3) is 0.133. The monoisotopic (exact) mass is 336 g/mol. The number of halogens is 2. The van der Waals surface area contributed by atoms with Gasteiger partial charge in [0.1, 0.15) is 5.82 Å². The number of rotatable bonds is 3. The average Bonchev–Trinajstić information content (AvgIpc) is 2.38. The summed E-state index contributed by atoms with van der Waals surface area (Å²) in [6.07, 6.45) is 0. The molecule has 104 valence electrons. The summed E-state index contributed by atoms with van der Waals surface area (Å²) in [6.45, 7) is 1.87. The van der Waals surface area contributed by atoms with Crippen LogP contribution in [-0.4, -0.2) is 5.91 Å². The van der Waals surface area contributed by atoms with Crippen molar-refractivity contribution in [3.63, 3.8) is 0 Å². The van der Waals surface area contributed by atoms with Gasteiger partial charge in [0.05, 0.1) is 11.6 Å². The van der Waals surface area contributed by atoms with Crippen molar-refractivity contribution >= 4 is 27.5 Å². The highest BCUT2D eigenvalue weighted by Crippen LogP contribution is 2.23. The molecule has 1 atom stereocenters. The lowest BCUT2D eigenvalue weighted by molar-refractivity contribution is 0.0940. The Morgan fingerprint density at radius 1 is 1.30 bits per heavy atom. The van der Waals surface area contributed by atoms with Crippen LogP contribution in [0.15, 0.2) is 46.9 Å². The maximum absolute atomic E-state index is 13.0. The van der Waals surface area contributed by atoms with Crippen LogP contribution in [0.3, 0.4) is 0 Å². The molecular formula is C15H14BrFN2O. The minimum Gasteiger partial charge on any atom is -0.398 e. The van der Waals surface area contributed by atoms with Crippen LogP contribution in [0.2, 0.25) is 0 Å². The first-order valence-electron chi connectivity index (χ1n) is 6.09. The smallest absolute Gasteiger partial charge is 0.253 e. The van der Waals surface area contributed by atoms with Gasteiger partial charge in [0.25, 0.3) is 5.91 Å². The Kier molecular flexibility index (Phi) is 4.39. The van der Waals surface area contributed by atoms with E-state index in [1.165, 1.54) is 12.1 Å². The minimum absolute atomic E-state index is 0.127. The van der Waals surface area contributed by atoms with Gasteiger partial charge < -0.3 is 11.1 Å². The van der Waals surface area contributed by atoms with Gasteiger partial charge in [-0.3, -0.25) is 4.79 Å². The van der Waals surface area contributed by atoms with Gasteiger partial charge in [-0.25, -0.2) is 4.39 Å². The Hall–Kier alpha value is -1.88. The number of carbonyl (C=O) groups is 1. The Bertz CT molecular complexity index is 646. The lowest BCUT2D eigenvalue weighted by Gasteiger charge is -2.16. The molecule has 0 spiro atoms. The predicted molar refractivity (Wildman–Crippen MR) is 80.8 cm³/mol. The average molecular weight is 337 g/mol. The number of nitrogens with two attached hydrogens (primary N) is 1. The van der Waals surface area contributed by atoms with Crippen LogP contribution < -0.4 is 11.1 Å². The van der Waals surface area contributed by atoms with Crippen LogP contribution in [0.25, 0.3) is 0 Å². The van der Waals surface area contributed by atoms with E-state index in [9.17, 15) is 9.18 Å². The number of nitrogen functional groups attached to an aromatic ring is 1. The van der Waals surface area contributed by atoms with E-state index in [-0.39, 0.29) is 23.2 Å². The lowest BCUT2D eigenvalue weighted by Crippen LogP contribution is -2.27. The van der Waals surface area contributed by atoms with Crippen molar-refractivity contribution in [1.82, 2.24) is 5.32 Å².